The van der Waals surface area contributed by atoms with Gasteiger partial charge in [-0.3, -0.25) is 9.67 Å². The first kappa shape index (κ1) is 16.6. The van der Waals surface area contributed by atoms with Gasteiger partial charge in [-0.15, -0.1) is 0 Å². The predicted octanol–water partition coefficient (Wildman–Crippen LogP) is 4.49. The molecular weight excluding hydrogens is 310 g/mol. The SMILES string of the molecule is C=Cc1cncc(-c2ccc(-c3cnn(CC=O)c3)cc2)c1/C=C\C. The highest BCUT2D eigenvalue weighted by atomic mass is 16.1. The number of carbonyl (C=O) groups is 1. The van der Waals surface area contributed by atoms with E-state index in [-0.39, 0.29) is 6.54 Å². The van der Waals surface area contributed by atoms with E-state index in [1.807, 2.05) is 37.7 Å². The molecule has 25 heavy (non-hydrogen) atoms. The highest BCUT2D eigenvalue weighted by molar-refractivity contribution is 5.81. The first-order valence-electron chi connectivity index (χ1n) is 8.07. The predicted molar refractivity (Wildman–Crippen MR) is 102 cm³/mol. The topological polar surface area (TPSA) is 47.8 Å². The van der Waals surface area contributed by atoms with Crippen molar-refractivity contribution in [2.45, 2.75) is 13.5 Å². The molecule has 2 aromatic heterocycles. The van der Waals surface area contributed by atoms with Crippen LogP contribution >= 0.6 is 0 Å². The molecule has 0 fully saturated rings. The van der Waals surface area contributed by atoms with Crippen molar-refractivity contribution in [1.82, 2.24) is 14.8 Å². The monoisotopic (exact) mass is 329 g/mol. The number of carbonyl (C=O) groups excluding carboxylic acids is 1. The summed E-state index contributed by atoms with van der Waals surface area (Å²) >= 11 is 0. The fraction of sp³-hybridized carbons (Fsp3) is 0.0952. The summed E-state index contributed by atoms with van der Waals surface area (Å²) in [5.74, 6) is 0. The van der Waals surface area contributed by atoms with Gasteiger partial charge >= 0.3 is 0 Å². The van der Waals surface area contributed by atoms with E-state index < -0.39 is 0 Å². The van der Waals surface area contributed by atoms with Crippen molar-refractivity contribution in [2.75, 3.05) is 0 Å². The van der Waals surface area contributed by atoms with Gasteiger partial charge in [-0.05, 0) is 23.6 Å². The highest BCUT2D eigenvalue weighted by Crippen LogP contribution is 2.29. The van der Waals surface area contributed by atoms with Gasteiger partial charge in [0.15, 0.2) is 0 Å². The molecule has 0 saturated heterocycles. The molecule has 0 aliphatic carbocycles. The van der Waals surface area contributed by atoms with Crippen LogP contribution in [-0.4, -0.2) is 21.1 Å². The molecular formula is C21H19N3O. The third-order valence-corrected chi connectivity index (χ3v) is 4.00. The average molecular weight is 329 g/mol. The molecule has 4 heteroatoms. The number of benzene rings is 1. The van der Waals surface area contributed by atoms with Crippen molar-refractivity contribution in [3.8, 4) is 22.3 Å². The van der Waals surface area contributed by atoms with Crippen LogP contribution in [0.25, 0.3) is 34.4 Å². The van der Waals surface area contributed by atoms with Crippen LogP contribution in [0, 0.1) is 0 Å². The van der Waals surface area contributed by atoms with E-state index in [9.17, 15) is 4.79 Å². The van der Waals surface area contributed by atoms with E-state index in [1.165, 1.54) is 0 Å². The third-order valence-electron chi connectivity index (χ3n) is 4.00. The Morgan fingerprint density at radius 3 is 2.52 bits per heavy atom. The van der Waals surface area contributed by atoms with E-state index in [1.54, 1.807) is 10.9 Å². The van der Waals surface area contributed by atoms with E-state index >= 15 is 0 Å². The molecule has 3 rings (SSSR count). The maximum Gasteiger partial charge on any atom is 0.141 e. The first-order valence-corrected chi connectivity index (χ1v) is 8.07. The number of allylic oxidation sites excluding steroid dienone is 1. The van der Waals surface area contributed by atoms with Crippen LogP contribution in [0.5, 0.6) is 0 Å². The van der Waals surface area contributed by atoms with Crippen molar-refractivity contribution in [2.24, 2.45) is 0 Å². The van der Waals surface area contributed by atoms with E-state index in [2.05, 4.69) is 47.0 Å². The van der Waals surface area contributed by atoms with Crippen LogP contribution in [0.2, 0.25) is 0 Å². The molecule has 4 nitrogen and oxygen atoms in total. The molecule has 0 saturated carbocycles. The summed E-state index contributed by atoms with van der Waals surface area (Å²) in [5, 5.41) is 4.18. The normalized spacial score (nSPS) is 10.9. The largest absolute Gasteiger partial charge is 0.301 e. The lowest BCUT2D eigenvalue weighted by atomic mass is 9.96. The molecule has 0 bridgehead atoms. The zero-order valence-corrected chi connectivity index (χ0v) is 14.1. The second kappa shape index (κ2) is 7.53. The summed E-state index contributed by atoms with van der Waals surface area (Å²) in [6, 6.07) is 8.25. The molecule has 0 N–H and O–H groups in total. The van der Waals surface area contributed by atoms with Crippen molar-refractivity contribution in [3.05, 3.63) is 72.8 Å². The zero-order valence-electron chi connectivity index (χ0n) is 14.1. The molecule has 124 valence electrons. The van der Waals surface area contributed by atoms with Crippen LogP contribution in [0.1, 0.15) is 18.1 Å². The van der Waals surface area contributed by atoms with Gasteiger partial charge in [-0.2, -0.15) is 5.10 Å². The minimum Gasteiger partial charge on any atom is -0.301 e. The molecule has 0 amide bonds. The van der Waals surface area contributed by atoms with Gasteiger partial charge in [-0.25, -0.2) is 0 Å². The summed E-state index contributed by atoms with van der Waals surface area (Å²) in [6.07, 6.45) is 14.1. The first-order chi connectivity index (χ1) is 12.3. The van der Waals surface area contributed by atoms with Gasteiger partial charge in [-0.1, -0.05) is 49.1 Å². The Kier molecular flexibility index (Phi) is 5.00. The van der Waals surface area contributed by atoms with Gasteiger partial charge < -0.3 is 4.79 Å². The Labute approximate surface area is 147 Å². The van der Waals surface area contributed by atoms with Crippen molar-refractivity contribution >= 4 is 18.4 Å². The Morgan fingerprint density at radius 2 is 1.84 bits per heavy atom. The lowest BCUT2D eigenvalue weighted by molar-refractivity contribution is -0.108. The van der Waals surface area contributed by atoms with Gasteiger partial charge in [0.25, 0.3) is 0 Å². The number of hydrogen-bond acceptors (Lipinski definition) is 3. The Bertz CT molecular complexity index is 921. The Morgan fingerprint density at radius 1 is 1.08 bits per heavy atom. The molecule has 0 aliphatic heterocycles. The molecule has 0 spiro atoms. The van der Waals surface area contributed by atoms with E-state index in [0.717, 1.165) is 39.7 Å². The van der Waals surface area contributed by atoms with Crippen molar-refractivity contribution < 1.29 is 4.79 Å². The quantitative estimate of drug-likeness (QED) is 0.626. The molecule has 0 unspecified atom stereocenters. The molecule has 0 atom stereocenters. The fourth-order valence-corrected chi connectivity index (χ4v) is 2.76. The summed E-state index contributed by atoms with van der Waals surface area (Å²) < 4.78 is 1.62. The lowest BCUT2D eigenvalue weighted by Gasteiger charge is -2.10. The van der Waals surface area contributed by atoms with Gasteiger partial charge in [0.05, 0.1) is 12.7 Å². The average Bonchev–Trinajstić information content (AvgIpc) is 3.11. The minimum absolute atomic E-state index is 0.269. The maximum atomic E-state index is 10.6. The minimum atomic E-state index is 0.269. The van der Waals surface area contributed by atoms with Crippen LogP contribution in [-0.2, 0) is 11.3 Å². The van der Waals surface area contributed by atoms with E-state index in [4.69, 9.17) is 0 Å². The second-order valence-corrected chi connectivity index (χ2v) is 5.59. The van der Waals surface area contributed by atoms with Gasteiger partial charge in [0.2, 0.25) is 0 Å². The summed E-state index contributed by atoms with van der Waals surface area (Å²) in [4.78, 5) is 14.9. The highest BCUT2D eigenvalue weighted by Gasteiger charge is 2.08. The van der Waals surface area contributed by atoms with Crippen molar-refractivity contribution in [3.63, 3.8) is 0 Å². The standard InChI is InChI=1S/C21H19N3O/c1-3-5-20-16(4-2)12-22-14-21(20)18-8-6-17(7-9-18)19-13-23-24(15-19)10-11-25/h3-9,11-15H,2,10H2,1H3/b5-3-. The van der Waals surface area contributed by atoms with Gasteiger partial charge in [0, 0.05) is 35.3 Å². The summed E-state index contributed by atoms with van der Waals surface area (Å²) in [5.41, 5.74) is 6.32. The second-order valence-electron chi connectivity index (χ2n) is 5.59. The number of pyridine rings is 1. The van der Waals surface area contributed by atoms with Crippen LogP contribution in [0.15, 0.2) is 61.7 Å². The Hall–Kier alpha value is -3.27. The molecule has 1 aromatic carbocycles. The Balaban J connectivity index is 1.97. The van der Waals surface area contributed by atoms with E-state index in [0.29, 0.717) is 0 Å². The fourth-order valence-electron chi connectivity index (χ4n) is 2.76. The van der Waals surface area contributed by atoms with Crippen LogP contribution in [0.4, 0.5) is 0 Å². The number of nitrogens with zero attached hydrogens (tertiary/aromatic N) is 3. The third kappa shape index (κ3) is 3.48. The van der Waals surface area contributed by atoms with Crippen LogP contribution in [0.3, 0.4) is 0 Å². The summed E-state index contributed by atoms with van der Waals surface area (Å²) in [7, 11) is 0. The number of hydrogen-bond donors (Lipinski definition) is 0. The summed E-state index contributed by atoms with van der Waals surface area (Å²) in [6.45, 7) is 6.14. The van der Waals surface area contributed by atoms with Gasteiger partial charge in [0.1, 0.15) is 6.29 Å². The number of aromatic nitrogens is 3. The smallest absolute Gasteiger partial charge is 0.141 e. The maximum absolute atomic E-state index is 10.6. The van der Waals surface area contributed by atoms with Crippen molar-refractivity contribution in [1.29, 1.82) is 0 Å². The molecule has 3 aromatic rings. The molecule has 0 aliphatic rings. The number of aldehydes is 1. The zero-order chi connectivity index (χ0) is 17.6. The van der Waals surface area contributed by atoms with Crippen LogP contribution < -0.4 is 0 Å². The lowest BCUT2D eigenvalue weighted by Crippen LogP contribution is -1.97. The number of rotatable bonds is 6. The molecule has 0 radical (unpaired) electrons. The molecule has 2 heterocycles.